The molecule has 1 aliphatic rings. The van der Waals surface area contributed by atoms with Gasteiger partial charge in [0.25, 0.3) is 11.8 Å². The number of benzene rings is 1. The molecule has 1 aromatic carbocycles. The van der Waals surface area contributed by atoms with Crippen molar-refractivity contribution in [1.82, 2.24) is 4.90 Å². The standard InChI is InChI=1S/C13H13F2NO3/c1-19-12(18)10-7-13(14,15)8-16(10)11(17)9-5-3-2-4-6-9/h2-6,10H,7-8H2,1H3/t10-/m0/s1. The Bertz CT molecular complexity index is 490. The summed E-state index contributed by atoms with van der Waals surface area (Å²) in [7, 11) is 1.12. The van der Waals surface area contributed by atoms with Gasteiger partial charge in [-0.2, -0.15) is 0 Å². The van der Waals surface area contributed by atoms with Crippen molar-refractivity contribution in [2.45, 2.75) is 18.4 Å². The van der Waals surface area contributed by atoms with Crippen LogP contribution >= 0.6 is 0 Å². The Morgan fingerprint density at radius 3 is 2.53 bits per heavy atom. The molecule has 0 N–H and O–H groups in total. The number of halogens is 2. The van der Waals surface area contributed by atoms with E-state index in [1.54, 1.807) is 18.2 Å². The van der Waals surface area contributed by atoms with E-state index in [2.05, 4.69) is 4.74 Å². The second-order valence-electron chi connectivity index (χ2n) is 4.40. The number of nitrogens with zero attached hydrogens (tertiary/aromatic N) is 1. The normalized spacial score (nSPS) is 21.2. The largest absolute Gasteiger partial charge is 0.467 e. The van der Waals surface area contributed by atoms with E-state index >= 15 is 0 Å². The van der Waals surface area contributed by atoms with Crippen molar-refractivity contribution in [1.29, 1.82) is 0 Å². The lowest BCUT2D eigenvalue weighted by Crippen LogP contribution is -2.41. The molecule has 0 unspecified atom stereocenters. The number of likely N-dealkylation sites (tertiary alicyclic amines) is 1. The fourth-order valence-electron chi connectivity index (χ4n) is 2.12. The van der Waals surface area contributed by atoms with Crippen LogP contribution in [-0.2, 0) is 9.53 Å². The Morgan fingerprint density at radius 2 is 1.95 bits per heavy atom. The lowest BCUT2D eigenvalue weighted by atomic mass is 10.1. The van der Waals surface area contributed by atoms with Crippen LogP contribution in [0.25, 0.3) is 0 Å². The summed E-state index contributed by atoms with van der Waals surface area (Å²) in [4.78, 5) is 24.5. The molecule has 0 spiro atoms. The molecule has 1 amide bonds. The van der Waals surface area contributed by atoms with E-state index in [4.69, 9.17) is 0 Å². The summed E-state index contributed by atoms with van der Waals surface area (Å²) in [5.41, 5.74) is 0.272. The quantitative estimate of drug-likeness (QED) is 0.768. The summed E-state index contributed by atoms with van der Waals surface area (Å²) in [6, 6.07) is 6.80. The van der Waals surface area contributed by atoms with Crippen molar-refractivity contribution in [3.05, 3.63) is 35.9 Å². The van der Waals surface area contributed by atoms with Crippen molar-refractivity contribution in [3.63, 3.8) is 0 Å². The van der Waals surface area contributed by atoms with Crippen LogP contribution in [0.15, 0.2) is 30.3 Å². The Kier molecular flexibility index (Phi) is 3.50. The van der Waals surface area contributed by atoms with Crippen LogP contribution in [0, 0.1) is 0 Å². The van der Waals surface area contributed by atoms with Gasteiger partial charge in [-0.05, 0) is 12.1 Å². The van der Waals surface area contributed by atoms with Gasteiger partial charge >= 0.3 is 5.97 Å². The van der Waals surface area contributed by atoms with E-state index in [0.717, 1.165) is 12.0 Å². The molecule has 1 saturated heterocycles. The van der Waals surface area contributed by atoms with Gasteiger partial charge in [0.2, 0.25) is 0 Å². The molecule has 1 aromatic rings. The Morgan fingerprint density at radius 1 is 1.32 bits per heavy atom. The number of alkyl halides is 2. The zero-order chi connectivity index (χ0) is 14.0. The summed E-state index contributed by atoms with van der Waals surface area (Å²) in [6.45, 7) is -0.763. The first-order chi connectivity index (χ1) is 8.94. The van der Waals surface area contributed by atoms with Crippen LogP contribution in [0.3, 0.4) is 0 Å². The molecule has 0 aromatic heterocycles. The summed E-state index contributed by atoms with van der Waals surface area (Å²) in [6.07, 6.45) is -0.696. The van der Waals surface area contributed by atoms with Crippen molar-refractivity contribution in [2.75, 3.05) is 13.7 Å². The molecule has 2 rings (SSSR count). The summed E-state index contributed by atoms with van der Waals surface area (Å²) in [5, 5.41) is 0. The smallest absolute Gasteiger partial charge is 0.328 e. The van der Waals surface area contributed by atoms with Gasteiger partial charge in [0.15, 0.2) is 0 Å². The number of hydrogen-bond acceptors (Lipinski definition) is 3. The molecule has 0 bridgehead atoms. The minimum atomic E-state index is -3.07. The highest BCUT2D eigenvalue weighted by atomic mass is 19.3. The first-order valence-corrected chi connectivity index (χ1v) is 5.76. The number of hydrogen-bond donors (Lipinski definition) is 0. The van der Waals surface area contributed by atoms with E-state index in [9.17, 15) is 18.4 Å². The van der Waals surface area contributed by atoms with Gasteiger partial charge in [-0.1, -0.05) is 18.2 Å². The molecule has 1 aliphatic heterocycles. The average molecular weight is 269 g/mol. The van der Waals surface area contributed by atoms with E-state index in [1.165, 1.54) is 12.1 Å². The maximum atomic E-state index is 13.4. The Labute approximate surface area is 109 Å². The third-order valence-electron chi connectivity index (χ3n) is 3.02. The molecule has 1 heterocycles. The predicted octanol–water partition coefficient (Wildman–Crippen LogP) is 1.71. The maximum Gasteiger partial charge on any atom is 0.328 e. The van der Waals surface area contributed by atoms with Gasteiger partial charge in [-0.25, -0.2) is 13.6 Å². The van der Waals surface area contributed by atoms with Crippen molar-refractivity contribution in [3.8, 4) is 0 Å². The van der Waals surface area contributed by atoms with E-state index in [1.807, 2.05) is 0 Å². The minimum Gasteiger partial charge on any atom is -0.467 e. The lowest BCUT2D eigenvalue weighted by Gasteiger charge is -2.21. The van der Waals surface area contributed by atoms with Gasteiger partial charge in [-0.15, -0.1) is 0 Å². The van der Waals surface area contributed by atoms with E-state index in [0.29, 0.717) is 0 Å². The molecule has 0 radical (unpaired) electrons. The maximum absolute atomic E-state index is 13.4. The number of rotatable bonds is 2. The van der Waals surface area contributed by atoms with E-state index < -0.39 is 36.8 Å². The van der Waals surface area contributed by atoms with Gasteiger partial charge in [0.1, 0.15) is 6.04 Å². The molecule has 1 atom stereocenters. The zero-order valence-corrected chi connectivity index (χ0v) is 10.3. The van der Waals surface area contributed by atoms with Crippen LogP contribution in [0.2, 0.25) is 0 Å². The van der Waals surface area contributed by atoms with Gasteiger partial charge in [-0.3, -0.25) is 4.79 Å². The monoisotopic (exact) mass is 269 g/mol. The zero-order valence-electron chi connectivity index (χ0n) is 10.3. The van der Waals surface area contributed by atoms with E-state index in [-0.39, 0.29) is 5.56 Å². The SMILES string of the molecule is COC(=O)[C@@H]1CC(F)(F)CN1C(=O)c1ccccc1. The average Bonchev–Trinajstić information content (AvgIpc) is 2.74. The molecule has 6 heteroatoms. The summed E-state index contributed by atoms with van der Waals surface area (Å²) < 4.78 is 31.3. The second kappa shape index (κ2) is 4.95. The van der Waals surface area contributed by atoms with Crippen LogP contribution in [0.5, 0.6) is 0 Å². The number of esters is 1. The van der Waals surface area contributed by atoms with Crippen LogP contribution in [-0.4, -0.2) is 42.4 Å². The Hall–Kier alpha value is -1.98. The molecular weight excluding hydrogens is 256 g/mol. The number of amides is 1. The van der Waals surface area contributed by atoms with Crippen molar-refractivity contribution >= 4 is 11.9 Å². The van der Waals surface area contributed by atoms with Gasteiger partial charge in [0.05, 0.1) is 13.7 Å². The Balaban J connectivity index is 2.26. The fourth-order valence-corrected chi connectivity index (χ4v) is 2.12. The van der Waals surface area contributed by atoms with Crippen LogP contribution in [0.1, 0.15) is 16.8 Å². The van der Waals surface area contributed by atoms with Gasteiger partial charge < -0.3 is 9.64 Å². The van der Waals surface area contributed by atoms with Crippen molar-refractivity contribution in [2.24, 2.45) is 0 Å². The van der Waals surface area contributed by atoms with Crippen LogP contribution in [0.4, 0.5) is 8.78 Å². The molecule has 0 saturated carbocycles. The highest BCUT2D eigenvalue weighted by molar-refractivity contribution is 5.97. The topological polar surface area (TPSA) is 46.6 Å². The lowest BCUT2D eigenvalue weighted by molar-refractivity contribution is -0.145. The third-order valence-corrected chi connectivity index (χ3v) is 3.02. The molecule has 4 nitrogen and oxygen atoms in total. The molecule has 1 fully saturated rings. The molecule has 19 heavy (non-hydrogen) atoms. The fraction of sp³-hybridized carbons (Fsp3) is 0.385. The third kappa shape index (κ3) is 2.72. The number of carbonyl (C=O) groups is 2. The van der Waals surface area contributed by atoms with Crippen LogP contribution < -0.4 is 0 Å². The number of carbonyl (C=O) groups excluding carboxylic acids is 2. The first-order valence-electron chi connectivity index (χ1n) is 5.76. The first kappa shape index (κ1) is 13.5. The predicted molar refractivity (Wildman–Crippen MR) is 62.8 cm³/mol. The second-order valence-corrected chi connectivity index (χ2v) is 4.40. The highest BCUT2D eigenvalue weighted by Crippen LogP contribution is 2.33. The summed E-state index contributed by atoms with van der Waals surface area (Å²) in [5.74, 6) is -4.47. The molecule has 102 valence electrons. The summed E-state index contributed by atoms with van der Waals surface area (Å²) >= 11 is 0. The number of methoxy groups -OCH3 is 1. The number of ether oxygens (including phenoxy) is 1. The van der Waals surface area contributed by atoms with Gasteiger partial charge in [0, 0.05) is 12.0 Å². The highest BCUT2D eigenvalue weighted by Gasteiger charge is 2.50. The molecular formula is C13H13F2NO3. The van der Waals surface area contributed by atoms with Crippen molar-refractivity contribution < 1.29 is 23.1 Å². The minimum absolute atomic E-state index is 0.272. The molecule has 0 aliphatic carbocycles.